The molecule has 2 aliphatic carbocycles. The topological polar surface area (TPSA) is 38.7 Å². The molecule has 10 aromatic rings. The summed E-state index contributed by atoms with van der Waals surface area (Å²) in [6, 6.07) is 72.1. The lowest BCUT2D eigenvalue weighted by molar-refractivity contribution is 0.794. The van der Waals surface area contributed by atoms with Gasteiger partial charge in [-0.05, 0) is 89.3 Å². The summed E-state index contributed by atoms with van der Waals surface area (Å²) < 4.78 is 0. The second-order valence-corrected chi connectivity index (χ2v) is 15.1. The van der Waals surface area contributed by atoms with E-state index in [4.69, 9.17) is 15.0 Å². The van der Waals surface area contributed by atoms with Gasteiger partial charge in [0.25, 0.3) is 0 Å². The molecule has 1 heterocycles. The summed E-state index contributed by atoms with van der Waals surface area (Å²) in [5.41, 5.74) is 15.1. The number of hydrogen-bond donors (Lipinski definition) is 0. The Labute approximate surface area is 330 Å². The first-order valence-corrected chi connectivity index (χ1v) is 19.5. The van der Waals surface area contributed by atoms with Crippen molar-refractivity contribution < 1.29 is 0 Å². The molecular weight excluding hydrogens is 691 g/mol. The molecule has 2 aliphatic rings. The van der Waals surface area contributed by atoms with Crippen molar-refractivity contribution in [2.45, 2.75) is 5.41 Å². The quantitative estimate of drug-likeness (QED) is 0.181. The summed E-state index contributed by atoms with van der Waals surface area (Å²) in [5.74, 6) is 1.94. The van der Waals surface area contributed by atoms with Crippen molar-refractivity contribution in [1.29, 1.82) is 0 Å². The van der Waals surface area contributed by atoms with Gasteiger partial charge in [0.1, 0.15) is 0 Å². The van der Waals surface area contributed by atoms with Crippen LogP contribution < -0.4 is 0 Å². The molecule has 1 spiro atoms. The van der Waals surface area contributed by atoms with Crippen molar-refractivity contribution in [2.24, 2.45) is 0 Å². The van der Waals surface area contributed by atoms with Crippen LogP contribution in [0.25, 0.3) is 89.1 Å². The number of nitrogens with zero attached hydrogens (tertiary/aromatic N) is 3. The van der Waals surface area contributed by atoms with E-state index in [9.17, 15) is 0 Å². The fourth-order valence-electron chi connectivity index (χ4n) is 9.69. The van der Waals surface area contributed by atoms with Crippen molar-refractivity contribution in [2.75, 3.05) is 0 Å². The monoisotopic (exact) mass is 723 g/mol. The van der Waals surface area contributed by atoms with Crippen LogP contribution in [0.1, 0.15) is 22.3 Å². The first-order valence-electron chi connectivity index (χ1n) is 19.5. The molecule has 0 bridgehead atoms. The molecule has 0 amide bonds. The van der Waals surface area contributed by atoms with Crippen molar-refractivity contribution in [3.63, 3.8) is 0 Å². The molecule has 0 radical (unpaired) electrons. The predicted octanol–water partition coefficient (Wildman–Crippen LogP) is 13.2. The fraction of sp³-hybridized carbons (Fsp3) is 0.0185. The van der Waals surface area contributed by atoms with Gasteiger partial charge in [0.2, 0.25) is 0 Å². The Kier molecular flexibility index (Phi) is 6.84. The molecule has 0 N–H and O–H groups in total. The molecule has 3 nitrogen and oxygen atoms in total. The van der Waals surface area contributed by atoms with Crippen LogP contribution in [0, 0.1) is 0 Å². The highest BCUT2D eigenvalue weighted by atomic mass is 15.0. The molecule has 0 unspecified atom stereocenters. The first kappa shape index (κ1) is 31.8. The minimum absolute atomic E-state index is 0.456. The molecule has 57 heavy (non-hydrogen) atoms. The third kappa shape index (κ3) is 4.63. The Morgan fingerprint density at radius 2 is 0.754 bits per heavy atom. The van der Waals surface area contributed by atoms with E-state index in [1.165, 1.54) is 66.4 Å². The molecule has 1 aromatic heterocycles. The second-order valence-electron chi connectivity index (χ2n) is 15.1. The maximum absolute atomic E-state index is 5.35. The SMILES string of the molecule is c1ccc(-c2nc(-c3ccc4c(c3)C3(c5ccccc5-c5ccccc53)c3ccccc3-4)nc(-c3cccc4c(-c5ccc6ccccc6c5)cccc34)n2)cc1. The summed E-state index contributed by atoms with van der Waals surface area (Å²) in [7, 11) is 0. The van der Waals surface area contributed by atoms with E-state index in [0.29, 0.717) is 17.5 Å². The number of benzene rings is 9. The molecule has 264 valence electrons. The van der Waals surface area contributed by atoms with Gasteiger partial charge in [0.15, 0.2) is 17.5 Å². The van der Waals surface area contributed by atoms with Gasteiger partial charge in [0.05, 0.1) is 5.41 Å². The highest BCUT2D eigenvalue weighted by Crippen LogP contribution is 2.63. The number of rotatable bonds is 4. The third-order valence-electron chi connectivity index (χ3n) is 12.1. The standard InChI is InChI=1S/C54H33N3/c1-2-15-35(16-3-1)51-55-52(57-53(56-51)46-24-13-22-40-39(21-12-23-41(40)46)37-29-28-34-14-4-5-17-36(34)32-37)38-30-31-45-44-20-8-11-27-49(44)54(50(45)33-38)47-25-9-6-18-42(47)43-19-7-10-26-48(43)54/h1-33H. The molecule has 0 saturated carbocycles. The summed E-state index contributed by atoms with van der Waals surface area (Å²) in [5, 5.41) is 4.71. The van der Waals surface area contributed by atoms with E-state index in [1.807, 2.05) is 18.2 Å². The van der Waals surface area contributed by atoms with Gasteiger partial charge in [-0.25, -0.2) is 15.0 Å². The van der Waals surface area contributed by atoms with Gasteiger partial charge < -0.3 is 0 Å². The molecule has 3 heteroatoms. The molecule has 0 atom stereocenters. The highest BCUT2D eigenvalue weighted by Gasteiger charge is 2.51. The van der Waals surface area contributed by atoms with Crippen LogP contribution in [-0.4, -0.2) is 15.0 Å². The van der Waals surface area contributed by atoms with Crippen LogP contribution in [0.5, 0.6) is 0 Å². The number of aromatic nitrogens is 3. The summed E-state index contributed by atoms with van der Waals surface area (Å²) >= 11 is 0. The van der Waals surface area contributed by atoms with Crippen LogP contribution in [0.15, 0.2) is 200 Å². The lowest BCUT2D eigenvalue weighted by atomic mass is 9.70. The largest absolute Gasteiger partial charge is 0.208 e. The lowest BCUT2D eigenvalue weighted by Crippen LogP contribution is -2.25. The van der Waals surface area contributed by atoms with Crippen LogP contribution in [0.3, 0.4) is 0 Å². The summed E-state index contributed by atoms with van der Waals surface area (Å²) in [6.07, 6.45) is 0. The zero-order chi connectivity index (χ0) is 37.5. The molecule has 9 aromatic carbocycles. The fourth-order valence-corrected chi connectivity index (χ4v) is 9.69. The van der Waals surface area contributed by atoms with Gasteiger partial charge >= 0.3 is 0 Å². The van der Waals surface area contributed by atoms with Crippen molar-refractivity contribution >= 4 is 21.5 Å². The van der Waals surface area contributed by atoms with Gasteiger partial charge in [-0.2, -0.15) is 0 Å². The smallest absolute Gasteiger partial charge is 0.164 e. The van der Waals surface area contributed by atoms with Crippen LogP contribution in [0.4, 0.5) is 0 Å². The Hall–Kier alpha value is -7.49. The van der Waals surface area contributed by atoms with E-state index in [1.54, 1.807) is 0 Å². The molecular formula is C54H33N3. The Bertz CT molecular complexity index is 3190. The molecule has 0 fully saturated rings. The van der Waals surface area contributed by atoms with Gasteiger partial charge in [-0.1, -0.05) is 188 Å². The summed E-state index contributed by atoms with van der Waals surface area (Å²) in [4.78, 5) is 15.8. The maximum atomic E-state index is 5.35. The van der Waals surface area contributed by atoms with Gasteiger partial charge in [0, 0.05) is 16.7 Å². The van der Waals surface area contributed by atoms with Gasteiger partial charge in [-0.15, -0.1) is 0 Å². The molecule has 0 aliphatic heterocycles. The third-order valence-corrected chi connectivity index (χ3v) is 12.1. The zero-order valence-corrected chi connectivity index (χ0v) is 30.9. The molecule has 0 saturated heterocycles. The van der Waals surface area contributed by atoms with Crippen LogP contribution >= 0.6 is 0 Å². The van der Waals surface area contributed by atoms with Crippen molar-refractivity contribution in [3.05, 3.63) is 222 Å². The van der Waals surface area contributed by atoms with E-state index in [0.717, 1.165) is 27.5 Å². The maximum Gasteiger partial charge on any atom is 0.164 e. The summed E-state index contributed by atoms with van der Waals surface area (Å²) in [6.45, 7) is 0. The normalized spacial score (nSPS) is 13.1. The van der Waals surface area contributed by atoms with Crippen molar-refractivity contribution in [1.82, 2.24) is 15.0 Å². The Balaban J connectivity index is 1.08. The number of fused-ring (bicyclic) bond motifs is 12. The Morgan fingerprint density at radius 1 is 0.263 bits per heavy atom. The first-order chi connectivity index (χ1) is 28.3. The van der Waals surface area contributed by atoms with Gasteiger partial charge in [-0.3, -0.25) is 0 Å². The lowest BCUT2D eigenvalue weighted by Gasteiger charge is -2.30. The predicted molar refractivity (Wildman–Crippen MR) is 233 cm³/mol. The van der Waals surface area contributed by atoms with Crippen LogP contribution in [0.2, 0.25) is 0 Å². The highest BCUT2D eigenvalue weighted by molar-refractivity contribution is 6.05. The van der Waals surface area contributed by atoms with Crippen molar-refractivity contribution in [3.8, 4) is 67.5 Å². The average molecular weight is 724 g/mol. The average Bonchev–Trinajstić information content (AvgIpc) is 3.76. The Morgan fingerprint density at radius 3 is 1.44 bits per heavy atom. The van der Waals surface area contributed by atoms with E-state index in [-0.39, 0.29) is 0 Å². The van der Waals surface area contributed by atoms with E-state index < -0.39 is 5.41 Å². The van der Waals surface area contributed by atoms with Crippen LogP contribution in [-0.2, 0) is 5.41 Å². The zero-order valence-electron chi connectivity index (χ0n) is 30.9. The minimum atomic E-state index is -0.456. The molecule has 12 rings (SSSR count). The minimum Gasteiger partial charge on any atom is -0.208 e. The number of hydrogen-bond acceptors (Lipinski definition) is 3. The van der Waals surface area contributed by atoms with E-state index in [2.05, 4.69) is 182 Å². The second kappa shape index (κ2) is 12.3. The van der Waals surface area contributed by atoms with E-state index >= 15 is 0 Å².